The van der Waals surface area contributed by atoms with E-state index in [1.807, 2.05) is 30.3 Å². The van der Waals surface area contributed by atoms with Crippen LogP contribution in [0.5, 0.6) is 0 Å². The normalized spacial score (nSPS) is 17.8. The number of hydrogen-bond acceptors (Lipinski definition) is 3. The minimum absolute atomic E-state index is 0.141. The number of amides is 2. The highest BCUT2D eigenvalue weighted by molar-refractivity contribution is 6.03. The van der Waals surface area contributed by atoms with Crippen LogP contribution >= 0.6 is 0 Å². The molecule has 7 nitrogen and oxygen atoms in total. The number of hydrogen-bond donors (Lipinski definition) is 2. The van der Waals surface area contributed by atoms with Crippen molar-refractivity contribution < 1.29 is 9.59 Å². The average molecular weight is 300 g/mol. The van der Waals surface area contributed by atoms with Crippen molar-refractivity contribution in [1.29, 1.82) is 0 Å². The largest absolute Gasteiger partial charge is 0.339 e. The lowest BCUT2D eigenvalue weighted by atomic mass is 10.2. The fourth-order valence-electron chi connectivity index (χ4n) is 2.52. The molecular weight excluding hydrogens is 284 g/mol. The molecule has 114 valence electrons. The number of carbonyl (C=O) groups is 2. The Hall–Kier alpha value is -2.83. The number of aryl methyl sites for hydroxylation is 1. The van der Waals surface area contributed by atoms with E-state index in [0.717, 1.165) is 5.69 Å². The van der Waals surface area contributed by atoms with Crippen LogP contribution in [-0.4, -0.2) is 34.2 Å². The Morgan fingerprint density at radius 3 is 2.64 bits per heavy atom. The summed E-state index contributed by atoms with van der Waals surface area (Å²) in [5.74, 6) is -0.594. The van der Waals surface area contributed by atoms with E-state index >= 15 is 0 Å². The number of carbonyl (C=O) groups excluding carboxylic acids is 2. The van der Waals surface area contributed by atoms with Crippen LogP contribution in [0.2, 0.25) is 0 Å². The molecule has 0 radical (unpaired) electrons. The van der Waals surface area contributed by atoms with Gasteiger partial charge in [0.05, 0.1) is 0 Å². The molecule has 1 aliphatic heterocycles. The lowest BCUT2D eigenvalue weighted by Gasteiger charge is -2.16. The van der Waals surface area contributed by atoms with Gasteiger partial charge >= 0.3 is 0 Å². The number of benzene rings is 1. The Kier molecular flexibility index (Phi) is 3.54. The summed E-state index contributed by atoms with van der Waals surface area (Å²) in [6.07, 6.45) is 0.538. The van der Waals surface area contributed by atoms with E-state index in [-0.39, 0.29) is 17.2 Å². The highest BCUT2D eigenvalue weighted by Crippen LogP contribution is 2.21. The van der Waals surface area contributed by atoms with Gasteiger partial charge in [-0.1, -0.05) is 18.2 Å². The molecule has 1 unspecified atom stereocenters. The second kappa shape index (κ2) is 5.51. The summed E-state index contributed by atoms with van der Waals surface area (Å²) in [4.78, 5) is 37.5. The van der Waals surface area contributed by atoms with Gasteiger partial charge in [-0.05, 0) is 18.6 Å². The van der Waals surface area contributed by atoms with Gasteiger partial charge in [0, 0.05) is 25.3 Å². The third kappa shape index (κ3) is 2.52. The summed E-state index contributed by atoms with van der Waals surface area (Å²) in [6, 6.07) is 9.97. The Morgan fingerprint density at radius 1 is 1.27 bits per heavy atom. The molecule has 2 amide bonds. The number of aromatic nitrogens is 2. The van der Waals surface area contributed by atoms with Gasteiger partial charge in [-0.3, -0.25) is 24.2 Å². The fourth-order valence-corrected chi connectivity index (χ4v) is 2.52. The standard InChI is InChI=1S/C15H16N4O3/c1-18-13(20)9-12(17-18)14(21)16-11-7-8-19(15(11)22)10-5-3-2-4-6-10/h2-6,9,11,17H,7-8H2,1H3,(H,16,21). The van der Waals surface area contributed by atoms with Gasteiger partial charge in [-0.15, -0.1) is 0 Å². The smallest absolute Gasteiger partial charge is 0.270 e. The Morgan fingerprint density at radius 2 is 2.00 bits per heavy atom. The molecule has 2 heterocycles. The molecule has 7 heteroatoms. The summed E-state index contributed by atoms with van der Waals surface area (Å²) in [5.41, 5.74) is 0.671. The monoisotopic (exact) mass is 300 g/mol. The molecule has 1 aromatic heterocycles. The minimum Gasteiger partial charge on any atom is -0.339 e. The van der Waals surface area contributed by atoms with E-state index in [1.54, 1.807) is 4.90 Å². The lowest BCUT2D eigenvalue weighted by molar-refractivity contribution is -0.118. The van der Waals surface area contributed by atoms with E-state index in [4.69, 9.17) is 0 Å². The molecule has 0 spiro atoms. The van der Waals surface area contributed by atoms with Gasteiger partial charge in [0.1, 0.15) is 11.7 Å². The number of para-hydroxylation sites is 1. The van der Waals surface area contributed by atoms with Crippen LogP contribution in [0.25, 0.3) is 0 Å². The molecule has 1 saturated heterocycles. The molecule has 1 fully saturated rings. The number of H-pyrrole nitrogens is 1. The van der Waals surface area contributed by atoms with Crippen LogP contribution in [0.1, 0.15) is 16.9 Å². The molecule has 1 atom stereocenters. The average Bonchev–Trinajstić information content (AvgIpc) is 3.04. The first kappa shape index (κ1) is 14.1. The maximum atomic E-state index is 12.4. The number of nitrogens with zero attached hydrogens (tertiary/aromatic N) is 2. The van der Waals surface area contributed by atoms with Gasteiger partial charge in [-0.2, -0.15) is 0 Å². The van der Waals surface area contributed by atoms with Crippen LogP contribution in [0, 0.1) is 0 Å². The second-order valence-electron chi connectivity index (χ2n) is 5.21. The van der Waals surface area contributed by atoms with E-state index in [9.17, 15) is 14.4 Å². The molecule has 2 N–H and O–H groups in total. The van der Waals surface area contributed by atoms with Crippen molar-refractivity contribution in [3.05, 3.63) is 52.4 Å². The summed E-state index contributed by atoms with van der Waals surface area (Å²) in [6.45, 7) is 0.555. The first-order chi connectivity index (χ1) is 10.6. The van der Waals surface area contributed by atoms with E-state index in [1.165, 1.54) is 17.8 Å². The number of aromatic amines is 1. The molecule has 1 aromatic carbocycles. The van der Waals surface area contributed by atoms with E-state index in [0.29, 0.717) is 13.0 Å². The molecule has 1 aliphatic rings. The SMILES string of the molecule is Cn1[nH]c(C(=O)NC2CCN(c3ccccc3)C2=O)cc1=O. The number of nitrogens with one attached hydrogen (secondary N) is 2. The molecule has 0 bridgehead atoms. The first-order valence-corrected chi connectivity index (χ1v) is 6.99. The predicted molar refractivity (Wildman–Crippen MR) is 80.7 cm³/mol. The topological polar surface area (TPSA) is 87.2 Å². The van der Waals surface area contributed by atoms with Crippen molar-refractivity contribution in [2.75, 3.05) is 11.4 Å². The van der Waals surface area contributed by atoms with Crippen molar-refractivity contribution in [3.8, 4) is 0 Å². The number of anilines is 1. The molecular formula is C15H16N4O3. The molecule has 2 aromatic rings. The zero-order valence-corrected chi connectivity index (χ0v) is 12.1. The number of rotatable bonds is 3. The van der Waals surface area contributed by atoms with Gasteiger partial charge in [0.15, 0.2) is 0 Å². The summed E-state index contributed by atoms with van der Waals surface area (Å²) in [7, 11) is 1.52. The second-order valence-corrected chi connectivity index (χ2v) is 5.21. The van der Waals surface area contributed by atoms with Crippen LogP contribution in [0.3, 0.4) is 0 Å². The van der Waals surface area contributed by atoms with Gasteiger partial charge < -0.3 is 10.2 Å². The summed E-state index contributed by atoms with van der Waals surface area (Å²) in [5, 5.41) is 5.31. The summed E-state index contributed by atoms with van der Waals surface area (Å²) < 4.78 is 1.21. The maximum absolute atomic E-state index is 12.4. The fraction of sp³-hybridized carbons (Fsp3) is 0.267. The predicted octanol–water partition coefficient (Wildman–Crippen LogP) is 0.249. The van der Waals surface area contributed by atoms with Crippen molar-refractivity contribution in [1.82, 2.24) is 15.1 Å². The maximum Gasteiger partial charge on any atom is 0.270 e. The third-order valence-corrected chi connectivity index (χ3v) is 3.71. The Bertz CT molecular complexity index is 763. The van der Waals surface area contributed by atoms with Gasteiger partial charge in [0.2, 0.25) is 5.91 Å². The quantitative estimate of drug-likeness (QED) is 0.851. The highest BCUT2D eigenvalue weighted by Gasteiger charge is 2.33. The molecule has 0 aliphatic carbocycles. The van der Waals surface area contributed by atoms with E-state index < -0.39 is 11.9 Å². The van der Waals surface area contributed by atoms with Crippen LogP contribution < -0.4 is 15.8 Å². The van der Waals surface area contributed by atoms with Crippen molar-refractivity contribution in [2.24, 2.45) is 7.05 Å². The molecule has 0 saturated carbocycles. The van der Waals surface area contributed by atoms with Crippen LogP contribution in [-0.2, 0) is 11.8 Å². The van der Waals surface area contributed by atoms with Gasteiger partial charge in [0.25, 0.3) is 11.5 Å². The zero-order chi connectivity index (χ0) is 15.7. The van der Waals surface area contributed by atoms with Crippen molar-refractivity contribution in [3.63, 3.8) is 0 Å². The Labute approximate surface area is 126 Å². The summed E-state index contributed by atoms with van der Waals surface area (Å²) >= 11 is 0. The minimum atomic E-state index is -0.573. The Balaban J connectivity index is 1.71. The highest BCUT2D eigenvalue weighted by atomic mass is 16.2. The van der Waals surface area contributed by atoms with Gasteiger partial charge in [-0.25, -0.2) is 0 Å². The van der Waals surface area contributed by atoms with E-state index in [2.05, 4.69) is 10.4 Å². The van der Waals surface area contributed by atoms with Crippen LogP contribution in [0.15, 0.2) is 41.2 Å². The molecule has 3 rings (SSSR count). The lowest BCUT2D eigenvalue weighted by Crippen LogP contribution is -2.41. The van der Waals surface area contributed by atoms with Crippen LogP contribution in [0.4, 0.5) is 5.69 Å². The van der Waals surface area contributed by atoms with Crippen molar-refractivity contribution >= 4 is 17.5 Å². The third-order valence-electron chi connectivity index (χ3n) is 3.71. The first-order valence-electron chi connectivity index (χ1n) is 6.99. The molecule has 22 heavy (non-hydrogen) atoms. The zero-order valence-electron chi connectivity index (χ0n) is 12.1. The van der Waals surface area contributed by atoms with Crippen molar-refractivity contribution in [2.45, 2.75) is 12.5 Å².